The van der Waals surface area contributed by atoms with Gasteiger partial charge in [0.1, 0.15) is 6.10 Å². The first-order chi connectivity index (χ1) is 8.90. The zero-order valence-electron chi connectivity index (χ0n) is 13.5. The van der Waals surface area contributed by atoms with Crippen LogP contribution in [0.2, 0.25) is 0 Å². The summed E-state index contributed by atoms with van der Waals surface area (Å²) in [6.07, 6.45) is 7.97. The molecule has 2 atom stereocenters. The molecule has 0 radical (unpaired) electrons. The summed E-state index contributed by atoms with van der Waals surface area (Å²) in [6.45, 7) is 10.8. The van der Waals surface area contributed by atoms with Crippen molar-refractivity contribution in [2.24, 2.45) is 17.3 Å². The highest BCUT2D eigenvalue weighted by Crippen LogP contribution is 2.38. The number of hydrogen-bond acceptors (Lipinski definition) is 2. The molecule has 19 heavy (non-hydrogen) atoms. The molecule has 0 aromatic rings. The first-order valence-corrected chi connectivity index (χ1v) is 8.11. The van der Waals surface area contributed by atoms with Crippen LogP contribution in [0.5, 0.6) is 0 Å². The fourth-order valence-corrected chi connectivity index (χ4v) is 3.25. The molecule has 0 heterocycles. The van der Waals surface area contributed by atoms with Gasteiger partial charge in [-0.1, -0.05) is 40.5 Å². The van der Waals surface area contributed by atoms with Crippen molar-refractivity contribution in [1.82, 2.24) is 0 Å². The average molecular weight is 268 g/mol. The van der Waals surface area contributed by atoms with Gasteiger partial charge in [-0.25, -0.2) is 0 Å². The Morgan fingerprint density at radius 2 is 1.79 bits per heavy atom. The van der Waals surface area contributed by atoms with Gasteiger partial charge in [0.05, 0.1) is 5.41 Å². The van der Waals surface area contributed by atoms with Gasteiger partial charge in [-0.05, 0) is 50.9 Å². The Balaban J connectivity index is 2.70. The van der Waals surface area contributed by atoms with Crippen molar-refractivity contribution in [3.8, 4) is 0 Å². The van der Waals surface area contributed by atoms with Crippen molar-refractivity contribution in [3.05, 3.63) is 0 Å². The lowest BCUT2D eigenvalue weighted by Gasteiger charge is -2.36. The average Bonchev–Trinajstić information content (AvgIpc) is 2.37. The van der Waals surface area contributed by atoms with Crippen LogP contribution in [0, 0.1) is 17.3 Å². The Kier molecular flexibility index (Phi) is 6.35. The Morgan fingerprint density at radius 1 is 1.21 bits per heavy atom. The number of carbonyl (C=O) groups excluding carboxylic acids is 1. The molecule has 0 spiro atoms. The number of carbonyl (C=O) groups is 1. The molecule has 0 aromatic heterocycles. The summed E-state index contributed by atoms with van der Waals surface area (Å²) in [4.78, 5) is 12.6. The first kappa shape index (κ1) is 16.5. The Bertz CT molecular complexity index is 279. The summed E-state index contributed by atoms with van der Waals surface area (Å²) in [5.41, 5.74) is -0.319. The summed E-state index contributed by atoms with van der Waals surface area (Å²) in [5, 5.41) is 0. The van der Waals surface area contributed by atoms with Gasteiger partial charge in [0.25, 0.3) is 0 Å². The van der Waals surface area contributed by atoms with Gasteiger partial charge in [-0.3, -0.25) is 4.79 Å². The van der Waals surface area contributed by atoms with Crippen LogP contribution in [0.4, 0.5) is 0 Å². The topological polar surface area (TPSA) is 26.3 Å². The zero-order chi connectivity index (χ0) is 14.5. The van der Waals surface area contributed by atoms with Crippen LogP contribution in [0.15, 0.2) is 0 Å². The highest BCUT2D eigenvalue weighted by atomic mass is 16.5. The molecule has 0 N–H and O–H groups in total. The standard InChI is InChI=1S/C17H32O2/c1-6-14(4)17(5,12-13(2)3)16(18)19-15-10-8-7-9-11-15/h13-15H,6-12H2,1-5H3. The summed E-state index contributed by atoms with van der Waals surface area (Å²) < 4.78 is 5.84. The minimum Gasteiger partial charge on any atom is -0.462 e. The van der Waals surface area contributed by atoms with Gasteiger partial charge in [-0.15, -0.1) is 0 Å². The van der Waals surface area contributed by atoms with E-state index in [0.29, 0.717) is 11.8 Å². The maximum atomic E-state index is 12.6. The van der Waals surface area contributed by atoms with E-state index < -0.39 is 0 Å². The van der Waals surface area contributed by atoms with E-state index in [1.165, 1.54) is 19.3 Å². The maximum Gasteiger partial charge on any atom is 0.312 e. The molecule has 1 rings (SSSR count). The number of esters is 1. The van der Waals surface area contributed by atoms with Crippen LogP contribution in [0.1, 0.15) is 79.6 Å². The second-order valence-corrected chi connectivity index (χ2v) is 6.99. The van der Waals surface area contributed by atoms with E-state index in [0.717, 1.165) is 25.7 Å². The van der Waals surface area contributed by atoms with Crippen molar-refractivity contribution in [3.63, 3.8) is 0 Å². The van der Waals surface area contributed by atoms with Crippen molar-refractivity contribution in [1.29, 1.82) is 0 Å². The lowest BCUT2D eigenvalue weighted by Crippen LogP contribution is -2.39. The third-order valence-electron chi connectivity index (χ3n) is 4.82. The van der Waals surface area contributed by atoms with Crippen molar-refractivity contribution in [2.45, 2.75) is 85.7 Å². The van der Waals surface area contributed by atoms with E-state index in [-0.39, 0.29) is 17.5 Å². The second-order valence-electron chi connectivity index (χ2n) is 6.99. The molecule has 1 fully saturated rings. The molecule has 2 heteroatoms. The molecule has 1 saturated carbocycles. The second kappa shape index (κ2) is 7.31. The maximum absolute atomic E-state index is 12.6. The predicted octanol–water partition coefficient (Wildman–Crippen LogP) is 4.96. The molecule has 0 bridgehead atoms. The van der Waals surface area contributed by atoms with Gasteiger partial charge in [-0.2, -0.15) is 0 Å². The largest absolute Gasteiger partial charge is 0.462 e. The molecular weight excluding hydrogens is 236 g/mol. The molecule has 0 aliphatic heterocycles. The van der Waals surface area contributed by atoms with Crippen LogP contribution < -0.4 is 0 Å². The summed E-state index contributed by atoms with van der Waals surface area (Å²) >= 11 is 0. The molecule has 0 amide bonds. The van der Waals surface area contributed by atoms with Crippen molar-refractivity contribution < 1.29 is 9.53 Å². The Hall–Kier alpha value is -0.530. The van der Waals surface area contributed by atoms with E-state index in [4.69, 9.17) is 4.74 Å². The lowest BCUT2D eigenvalue weighted by atomic mass is 9.71. The van der Waals surface area contributed by atoms with E-state index in [1.54, 1.807) is 0 Å². The minimum absolute atomic E-state index is 0.0439. The molecule has 2 nitrogen and oxygen atoms in total. The number of rotatable bonds is 6. The Labute approximate surface area is 119 Å². The quantitative estimate of drug-likeness (QED) is 0.636. The van der Waals surface area contributed by atoms with E-state index in [9.17, 15) is 4.79 Å². The van der Waals surface area contributed by atoms with Gasteiger partial charge < -0.3 is 4.74 Å². The highest BCUT2D eigenvalue weighted by Gasteiger charge is 2.41. The van der Waals surface area contributed by atoms with Gasteiger partial charge >= 0.3 is 5.97 Å². The molecular formula is C17H32O2. The van der Waals surface area contributed by atoms with Gasteiger partial charge in [0, 0.05) is 0 Å². The van der Waals surface area contributed by atoms with Crippen molar-refractivity contribution >= 4 is 5.97 Å². The summed E-state index contributed by atoms with van der Waals surface area (Å²) in [6, 6.07) is 0. The normalized spacial score (nSPS) is 22.0. The van der Waals surface area contributed by atoms with E-state index >= 15 is 0 Å². The monoisotopic (exact) mass is 268 g/mol. The number of hydrogen-bond donors (Lipinski definition) is 0. The molecule has 112 valence electrons. The Morgan fingerprint density at radius 3 is 2.26 bits per heavy atom. The van der Waals surface area contributed by atoms with Crippen LogP contribution in [0.3, 0.4) is 0 Å². The molecule has 1 aliphatic carbocycles. The smallest absolute Gasteiger partial charge is 0.312 e. The molecule has 2 unspecified atom stereocenters. The van der Waals surface area contributed by atoms with Crippen LogP contribution in [0.25, 0.3) is 0 Å². The molecule has 0 aromatic carbocycles. The third kappa shape index (κ3) is 4.50. The van der Waals surface area contributed by atoms with E-state index in [2.05, 4.69) is 34.6 Å². The van der Waals surface area contributed by atoms with Crippen LogP contribution >= 0.6 is 0 Å². The predicted molar refractivity (Wildman–Crippen MR) is 80.0 cm³/mol. The lowest BCUT2D eigenvalue weighted by molar-refractivity contribution is -0.166. The summed E-state index contributed by atoms with van der Waals surface area (Å²) in [7, 11) is 0. The zero-order valence-corrected chi connectivity index (χ0v) is 13.5. The fourth-order valence-electron chi connectivity index (χ4n) is 3.25. The fraction of sp³-hybridized carbons (Fsp3) is 0.941. The van der Waals surface area contributed by atoms with Gasteiger partial charge in [0.2, 0.25) is 0 Å². The van der Waals surface area contributed by atoms with Gasteiger partial charge in [0.15, 0.2) is 0 Å². The van der Waals surface area contributed by atoms with Crippen molar-refractivity contribution in [2.75, 3.05) is 0 Å². The summed E-state index contributed by atoms with van der Waals surface area (Å²) in [5.74, 6) is 0.950. The molecule has 1 aliphatic rings. The minimum atomic E-state index is -0.319. The van der Waals surface area contributed by atoms with E-state index in [1.807, 2.05) is 0 Å². The highest BCUT2D eigenvalue weighted by molar-refractivity contribution is 5.77. The number of ether oxygens (including phenoxy) is 1. The SMILES string of the molecule is CCC(C)C(C)(CC(C)C)C(=O)OC1CCCCC1. The third-order valence-corrected chi connectivity index (χ3v) is 4.82. The molecule has 0 saturated heterocycles. The van der Waals surface area contributed by atoms with Crippen LogP contribution in [-0.4, -0.2) is 12.1 Å². The first-order valence-electron chi connectivity index (χ1n) is 8.11. The van der Waals surface area contributed by atoms with Crippen LogP contribution in [-0.2, 0) is 9.53 Å².